The van der Waals surface area contributed by atoms with Gasteiger partial charge in [0, 0.05) is 25.3 Å². The van der Waals surface area contributed by atoms with E-state index in [1.807, 2.05) is 13.8 Å². The number of nitrogens with one attached hydrogen (secondary N) is 1. The number of carbonyl (C=O) groups is 2. The van der Waals surface area contributed by atoms with Crippen molar-refractivity contribution in [3.05, 3.63) is 50.7 Å². The molecule has 0 aliphatic heterocycles. The predicted octanol–water partition coefficient (Wildman–Crippen LogP) is 1.98. The van der Waals surface area contributed by atoms with Crippen LogP contribution < -0.4 is 26.8 Å². The van der Waals surface area contributed by atoms with Gasteiger partial charge in [-0.25, -0.2) is 9.59 Å². The molecule has 0 aliphatic rings. The van der Waals surface area contributed by atoms with Crippen LogP contribution in [0.4, 0.5) is 17.2 Å². The van der Waals surface area contributed by atoms with Crippen molar-refractivity contribution in [2.24, 2.45) is 0 Å². The van der Waals surface area contributed by atoms with Crippen molar-refractivity contribution in [2.75, 3.05) is 41.8 Å². The average molecular weight is 460 g/mol. The number of carbonyl (C=O) groups excluding carboxylic acids is 2. The maximum absolute atomic E-state index is 13.3. The Kier molecular flexibility index (Phi) is 9.26. The Balaban J connectivity index is 2.36. The number of aromatic amines is 1. The molecule has 0 unspecified atom stereocenters. The molecule has 2 rings (SSSR count). The van der Waals surface area contributed by atoms with Gasteiger partial charge in [-0.3, -0.25) is 19.1 Å². The molecule has 10 nitrogen and oxygen atoms in total. The van der Waals surface area contributed by atoms with Gasteiger partial charge in [0.1, 0.15) is 5.82 Å². The third kappa shape index (κ3) is 6.03. The van der Waals surface area contributed by atoms with Crippen LogP contribution in [-0.4, -0.2) is 47.7 Å². The van der Waals surface area contributed by atoms with Crippen LogP contribution in [0.1, 0.15) is 50.9 Å². The molecular formula is C23H33N5O5. The van der Waals surface area contributed by atoms with E-state index in [4.69, 9.17) is 10.5 Å². The van der Waals surface area contributed by atoms with Crippen molar-refractivity contribution >= 4 is 29.1 Å². The molecule has 1 amide bonds. The molecule has 1 heterocycles. The summed E-state index contributed by atoms with van der Waals surface area (Å²) in [6.45, 7) is 8.56. The number of anilines is 3. The molecule has 0 aliphatic carbocycles. The summed E-state index contributed by atoms with van der Waals surface area (Å²) in [4.78, 5) is 55.5. The number of likely N-dealkylation sites (N-methyl/N-ethyl adjacent to an activating group) is 2. The second-order valence-electron chi connectivity index (χ2n) is 7.42. The molecule has 0 fully saturated rings. The minimum absolute atomic E-state index is 0.0280. The first-order chi connectivity index (χ1) is 15.8. The molecule has 0 saturated carbocycles. The SMILES string of the molecule is CCCCn1c(N)c(N(CC)C(=O)CN(CC)c2cccc(C(=O)OCC)c2)c(=O)[nH]c1=O. The number of esters is 1. The minimum atomic E-state index is -0.701. The highest BCUT2D eigenvalue weighted by atomic mass is 16.5. The lowest BCUT2D eigenvalue weighted by molar-refractivity contribution is -0.117. The lowest BCUT2D eigenvalue weighted by Gasteiger charge is -2.28. The topological polar surface area (TPSA) is 131 Å². The van der Waals surface area contributed by atoms with Crippen LogP contribution in [0.25, 0.3) is 0 Å². The van der Waals surface area contributed by atoms with Gasteiger partial charge in [-0.1, -0.05) is 19.4 Å². The van der Waals surface area contributed by atoms with Crippen LogP contribution in [0.3, 0.4) is 0 Å². The molecule has 33 heavy (non-hydrogen) atoms. The number of amides is 1. The summed E-state index contributed by atoms with van der Waals surface area (Å²) in [6.07, 6.45) is 1.54. The molecule has 0 bridgehead atoms. The fourth-order valence-corrected chi connectivity index (χ4v) is 3.51. The fraction of sp³-hybridized carbons (Fsp3) is 0.478. The van der Waals surface area contributed by atoms with Crippen molar-refractivity contribution in [3.63, 3.8) is 0 Å². The van der Waals surface area contributed by atoms with Crippen molar-refractivity contribution in [3.8, 4) is 0 Å². The lowest BCUT2D eigenvalue weighted by atomic mass is 10.2. The van der Waals surface area contributed by atoms with Crippen molar-refractivity contribution in [1.82, 2.24) is 9.55 Å². The van der Waals surface area contributed by atoms with E-state index >= 15 is 0 Å². The van der Waals surface area contributed by atoms with Crippen LogP contribution in [0.15, 0.2) is 33.9 Å². The Hall–Kier alpha value is -3.56. The maximum atomic E-state index is 13.3. The van der Waals surface area contributed by atoms with E-state index in [-0.39, 0.29) is 37.1 Å². The highest BCUT2D eigenvalue weighted by molar-refractivity contribution is 5.98. The van der Waals surface area contributed by atoms with Crippen LogP contribution in [0.5, 0.6) is 0 Å². The van der Waals surface area contributed by atoms with E-state index in [2.05, 4.69) is 4.98 Å². The highest BCUT2D eigenvalue weighted by Gasteiger charge is 2.24. The van der Waals surface area contributed by atoms with E-state index in [9.17, 15) is 19.2 Å². The van der Waals surface area contributed by atoms with Gasteiger partial charge in [-0.15, -0.1) is 0 Å². The summed E-state index contributed by atoms with van der Waals surface area (Å²) >= 11 is 0. The van der Waals surface area contributed by atoms with Crippen molar-refractivity contribution in [2.45, 2.75) is 47.1 Å². The molecule has 10 heteroatoms. The summed E-state index contributed by atoms with van der Waals surface area (Å²) in [5.74, 6) is -0.830. The van der Waals surface area contributed by atoms with Gasteiger partial charge in [-0.05, 0) is 45.4 Å². The van der Waals surface area contributed by atoms with Crippen molar-refractivity contribution < 1.29 is 14.3 Å². The Morgan fingerprint density at radius 1 is 1.12 bits per heavy atom. The van der Waals surface area contributed by atoms with Gasteiger partial charge in [0.25, 0.3) is 5.56 Å². The molecule has 0 spiro atoms. The van der Waals surface area contributed by atoms with E-state index in [1.54, 1.807) is 43.0 Å². The zero-order valence-electron chi connectivity index (χ0n) is 19.7. The first-order valence-electron chi connectivity index (χ1n) is 11.2. The zero-order chi connectivity index (χ0) is 24.5. The average Bonchev–Trinajstić information content (AvgIpc) is 2.80. The van der Waals surface area contributed by atoms with E-state index < -0.39 is 17.2 Å². The number of ether oxygens (including phenoxy) is 1. The Morgan fingerprint density at radius 3 is 2.45 bits per heavy atom. The Labute approximate surface area is 193 Å². The first-order valence-corrected chi connectivity index (χ1v) is 11.2. The molecule has 0 saturated heterocycles. The first kappa shape index (κ1) is 25.7. The molecule has 1 aromatic heterocycles. The van der Waals surface area contributed by atoms with Crippen LogP contribution in [0, 0.1) is 0 Å². The van der Waals surface area contributed by atoms with Gasteiger partial charge < -0.3 is 20.3 Å². The smallest absolute Gasteiger partial charge is 0.338 e. The van der Waals surface area contributed by atoms with E-state index in [0.29, 0.717) is 30.8 Å². The number of benzene rings is 1. The second kappa shape index (κ2) is 11.9. The minimum Gasteiger partial charge on any atom is -0.462 e. The number of nitrogens with zero attached hydrogens (tertiary/aromatic N) is 3. The highest BCUT2D eigenvalue weighted by Crippen LogP contribution is 2.20. The maximum Gasteiger partial charge on any atom is 0.338 e. The largest absolute Gasteiger partial charge is 0.462 e. The molecule has 180 valence electrons. The second-order valence-corrected chi connectivity index (χ2v) is 7.42. The molecular weight excluding hydrogens is 426 g/mol. The quantitative estimate of drug-likeness (QED) is 0.491. The van der Waals surface area contributed by atoms with Gasteiger partial charge >= 0.3 is 11.7 Å². The Bertz CT molecular complexity index is 1090. The van der Waals surface area contributed by atoms with Crippen LogP contribution in [-0.2, 0) is 16.1 Å². The van der Waals surface area contributed by atoms with Crippen LogP contribution >= 0.6 is 0 Å². The number of H-pyrrole nitrogens is 1. The number of aromatic nitrogens is 2. The number of rotatable bonds is 11. The molecule has 2 aromatic rings. The summed E-state index contributed by atoms with van der Waals surface area (Å²) < 4.78 is 6.34. The third-order valence-electron chi connectivity index (χ3n) is 5.27. The van der Waals surface area contributed by atoms with Gasteiger partial charge in [0.15, 0.2) is 5.69 Å². The van der Waals surface area contributed by atoms with Crippen molar-refractivity contribution in [1.29, 1.82) is 0 Å². The number of hydrogen-bond donors (Lipinski definition) is 2. The molecule has 1 aromatic carbocycles. The fourth-order valence-electron chi connectivity index (χ4n) is 3.51. The van der Waals surface area contributed by atoms with E-state index in [1.165, 1.54) is 9.47 Å². The third-order valence-corrected chi connectivity index (χ3v) is 5.27. The number of nitrogens with two attached hydrogens (primary N) is 1. The predicted molar refractivity (Wildman–Crippen MR) is 129 cm³/mol. The monoisotopic (exact) mass is 459 g/mol. The van der Waals surface area contributed by atoms with E-state index in [0.717, 1.165) is 6.42 Å². The van der Waals surface area contributed by atoms with Gasteiger partial charge in [-0.2, -0.15) is 0 Å². The molecule has 0 radical (unpaired) electrons. The standard InChI is InChI=1S/C23H33N5O5/c1-5-9-13-28-20(24)19(21(30)25-23(28)32)27(7-3)18(29)15-26(6-2)17-12-10-11-16(14-17)22(31)33-8-4/h10-12,14H,5-9,13,15,24H2,1-4H3,(H,25,30,32). The summed E-state index contributed by atoms with van der Waals surface area (Å²) in [5, 5.41) is 0. The lowest BCUT2D eigenvalue weighted by Crippen LogP contribution is -2.45. The number of nitrogen functional groups attached to an aromatic ring is 1. The van der Waals surface area contributed by atoms with Gasteiger partial charge in [0.05, 0.1) is 18.7 Å². The van der Waals surface area contributed by atoms with Gasteiger partial charge in [0.2, 0.25) is 5.91 Å². The number of hydrogen-bond acceptors (Lipinski definition) is 7. The summed E-state index contributed by atoms with van der Waals surface area (Å²) in [7, 11) is 0. The van der Waals surface area contributed by atoms with Crippen LogP contribution in [0.2, 0.25) is 0 Å². The normalized spacial score (nSPS) is 10.7. The molecule has 0 atom stereocenters. The zero-order valence-corrected chi connectivity index (χ0v) is 19.7. The summed E-state index contributed by atoms with van der Waals surface area (Å²) in [6, 6.07) is 6.83. The summed E-state index contributed by atoms with van der Waals surface area (Å²) in [5.41, 5.74) is 5.91. The Morgan fingerprint density at radius 2 is 1.85 bits per heavy atom. The molecule has 3 N–H and O–H groups in total. The number of unbranched alkanes of at least 4 members (excludes halogenated alkanes) is 1.